The number of hydrogen-bond acceptors (Lipinski definition) is 4. The van der Waals surface area contributed by atoms with Crippen molar-refractivity contribution in [3.63, 3.8) is 0 Å². The van der Waals surface area contributed by atoms with E-state index in [1.54, 1.807) is 0 Å². The van der Waals surface area contributed by atoms with E-state index in [-0.39, 0.29) is 24.0 Å². The van der Waals surface area contributed by atoms with Gasteiger partial charge in [-0.15, -0.1) is 24.0 Å². The summed E-state index contributed by atoms with van der Waals surface area (Å²) >= 11 is 0. The van der Waals surface area contributed by atoms with Crippen LogP contribution in [0.15, 0.2) is 4.99 Å². The molecule has 7 heteroatoms. The van der Waals surface area contributed by atoms with Gasteiger partial charge >= 0.3 is 0 Å². The molecule has 2 unspecified atom stereocenters. The first-order valence-corrected chi connectivity index (χ1v) is 10.6. The van der Waals surface area contributed by atoms with Gasteiger partial charge in [0.2, 0.25) is 0 Å². The summed E-state index contributed by atoms with van der Waals surface area (Å²) in [4.78, 5) is 6.94. The number of guanidine groups is 1. The molecular formula is C20H41IN4O2. The third-order valence-electron chi connectivity index (χ3n) is 5.46. The van der Waals surface area contributed by atoms with Crippen LogP contribution in [0.2, 0.25) is 0 Å². The van der Waals surface area contributed by atoms with Crippen LogP contribution >= 0.6 is 24.0 Å². The first kappa shape index (κ1) is 24.9. The zero-order valence-corrected chi connectivity index (χ0v) is 19.7. The Bertz CT molecular complexity index is 392. The lowest BCUT2D eigenvalue weighted by Gasteiger charge is -2.33. The molecule has 2 fully saturated rings. The van der Waals surface area contributed by atoms with E-state index in [0.717, 1.165) is 64.4 Å². The minimum absolute atomic E-state index is 0. The van der Waals surface area contributed by atoms with Gasteiger partial charge in [0.05, 0.1) is 13.2 Å². The summed E-state index contributed by atoms with van der Waals surface area (Å²) in [6.45, 7) is 10.2. The van der Waals surface area contributed by atoms with Crippen LogP contribution in [0, 0.1) is 5.92 Å². The monoisotopic (exact) mass is 496 g/mol. The Balaban J connectivity index is 0.00000364. The summed E-state index contributed by atoms with van der Waals surface area (Å²) in [7, 11) is 1.83. The quantitative estimate of drug-likeness (QED) is 0.200. The van der Waals surface area contributed by atoms with Crippen molar-refractivity contribution >= 4 is 29.9 Å². The number of ether oxygens (including phenoxy) is 2. The number of rotatable bonds is 11. The van der Waals surface area contributed by atoms with Crippen molar-refractivity contribution in [2.75, 3.05) is 59.7 Å². The largest absolute Gasteiger partial charge is 0.381 e. The molecule has 0 aromatic heterocycles. The maximum Gasteiger partial charge on any atom is 0.190 e. The van der Waals surface area contributed by atoms with E-state index in [2.05, 4.69) is 27.4 Å². The Morgan fingerprint density at radius 1 is 1.15 bits per heavy atom. The van der Waals surface area contributed by atoms with E-state index in [1.165, 1.54) is 45.2 Å². The van der Waals surface area contributed by atoms with Gasteiger partial charge in [0.1, 0.15) is 0 Å². The van der Waals surface area contributed by atoms with E-state index in [4.69, 9.17) is 9.47 Å². The van der Waals surface area contributed by atoms with Crippen LogP contribution in [-0.4, -0.2) is 76.6 Å². The van der Waals surface area contributed by atoms with E-state index in [1.807, 2.05) is 7.05 Å². The normalized spacial score (nSPS) is 23.9. The fourth-order valence-electron chi connectivity index (χ4n) is 3.70. The molecule has 2 saturated heterocycles. The topological polar surface area (TPSA) is 58.1 Å². The Morgan fingerprint density at radius 2 is 1.96 bits per heavy atom. The van der Waals surface area contributed by atoms with Crippen LogP contribution in [0.25, 0.3) is 0 Å². The van der Waals surface area contributed by atoms with Crippen molar-refractivity contribution < 1.29 is 9.47 Å². The van der Waals surface area contributed by atoms with Crippen molar-refractivity contribution in [3.05, 3.63) is 0 Å². The summed E-state index contributed by atoms with van der Waals surface area (Å²) in [5.41, 5.74) is 0. The van der Waals surface area contributed by atoms with E-state index in [0.29, 0.717) is 5.92 Å². The molecule has 2 rings (SSSR count). The minimum atomic E-state index is 0. The van der Waals surface area contributed by atoms with Crippen LogP contribution < -0.4 is 10.6 Å². The van der Waals surface area contributed by atoms with E-state index >= 15 is 0 Å². The van der Waals surface area contributed by atoms with Gasteiger partial charge in [-0.05, 0) is 58.5 Å². The van der Waals surface area contributed by atoms with E-state index < -0.39 is 0 Å². The van der Waals surface area contributed by atoms with Gasteiger partial charge < -0.3 is 25.0 Å². The SMILES string of the molecule is CN=C(NCCCCN1CCCCC1C)NCCCOCC1CCOC1.I. The molecule has 2 aliphatic heterocycles. The molecule has 0 bridgehead atoms. The standard InChI is InChI=1S/C20H40N4O2.HI/c1-18-8-3-5-12-24(18)13-6-4-10-22-20(21-2)23-11-7-14-25-16-19-9-15-26-17-19;/h18-19H,3-17H2,1-2H3,(H2,21,22,23);1H. The smallest absolute Gasteiger partial charge is 0.190 e. The van der Waals surface area contributed by atoms with Gasteiger partial charge in [0.25, 0.3) is 0 Å². The van der Waals surface area contributed by atoms with Crippen molar-refractivity contribution in [1.29, 1.82) is 0 Å². The first-order chi connectivity index (χ1) is 12.8. The Morgan fingerprint density at radius 3 is 2.67 bits per heavy atom. The second-order valence-electron chi connectivity index (χ2n) is 7.67. The second kappa shape index (κ2) is 15.8. The van der Waals surface area contributed by atoms with Gasteiger partial charge in [0, 0.05) is 45.3 Å². The van der Waals surface area contributed by atoms with Crippen LogP contribution in [0.3, 0.4) is 0 Å². The Hall–Kier alpha value is -0.120. The fourth-order valence-corrected chi connectivity index (χ4v) is 3.70. The molecule has 27 heavy (non-hydrogen) atoms. The molecule has 2 atom stereocenters. The molecule has 0 radical (unpaired) electrons. The van der Waals surface area contributed by atoms with Gasteiger partial charge in [-0.25, -0.2) is 0 Å². The predicted molar refractivity (Wildman–Crippen MR) is 123 cm³/mol. The number of halogens is 1. The Labute approximate surface area is 183 Å². The number of likely N-dealkylation sites (tertiary alicyclic amines) is 1. The molecule has 2 aliphatic rings. The number of aliphatic imine (C=N–C) groups is 1. The molecule has 0 saturated carbocycles. The highest BCUT2D eigenvalue weighted by molar-refractivity contribution is 14.0. The summed E-state index contributed by atoms with van der Waals surface area (Å²) in [6.07, 6.45) is 8.74. The summed E-state index contributed by atoms with van der Waals surface area (Å²) in [5.74, 6) is 1.51. The zero-order valence-electron chi connectivity index (χ0n) is 17.4. The highest BCUT2D eigenvalue weighted by Crippen LogP contribution is 2.16. The maximum absolute atomic E-state index is 5.73. The lowest BCUT2D eigenvalue weighted by Crippen LogP contribution is -2.39. The molecule has 0 aromatic rings. The average molecular weight is 496 g/mol. The molecule has 2 heterocycles. The van der Waals surface area contributed by atoms with Crippen LogP contribution in [0.5, 0.6) is 0 Å². The number of piperidine rings is 1. The Kier molecular flexibility index (Phi) is 14.5. The van der Waals surface area contributed by atoms with Crippen molar-refractivity contribution in [2.45, 2.75) is 57.9 Å². The molecular weight excluding hydrogens is 455 g/mol. The molecule has 0 aromatic carbocycles. The highest BCUT2D eigenvalue weighted by Gasteiger charge is 2.17. The van der Waals surface area contributed by atoms with Gasteiger partial charge in [-0.1, -0.05) is 6.42 Å². The maximum atomic E-state index is 5.73. The lowest BCUT2D eigenvalue weighted by molar-refractivity contribution is 0.0888. The molecule has 0 spiro atoms. The van der Waals surface area contributed by atoms with Gasteiger partial charge in [0.15, 0.2) is 5.96 Å². The number of hydrogen-bond donors (Lipinski definition) is 2. The minimum Gasteiger partial charge on any atom is -0.381 e. The predicted octanol–water partition coefficient (Wildman–Crippen LogP) is 2.87. The summed E-state index contributed by atoms with van der Waals surface area (Å²) in [5, 5.41) is 6.79. The highest BCUT2D eigenvalue weighted by atomic mass is 127. The lowest BCUT2D eigenvalue weighted by atomic mass is 10.0. The molecule has 6 nitrogen and oxygen atoms in total. The van der Waals surface area contributed by atoms with Gasteiger partial charge in [-0.2, -0.15) is 0 Å². The third kappa shape index (κ3) is 10.9. The van der Waals surface area contributed by atoms with Gasteiger partial charge in [-0.3, -0.25) is 4.99 Å². The average Bonchev–Trinajstić information content (AvgIpc) is 3.17. The molecule has 160 valence electrons. The zero-order chi connectivity index (χ0) is 18.5. The van der Waals surface area contributed by atoms with Crippen LogP contribution in [0.1, 0.15) is 51.9 Å². The summed E-state index contributed by atoms with van der Waals surface area (Å²) < 4.78 is 11.1. The number of nitrogens with one attached hydrogen (secondary N) is 2. The van der Waals surface area contributed by atoms with Crippen molar-refractivity contribution in [3.8, 4) is 0 Å². The third-order valence-corrected chi connectivity index (χ3v) is 5.46. The second-order valence-corrected chi connectivity index (χ2v) is 7.67. The number of nitrogens with zero attached hydrogens (tertiary/aromatic N) is 2. The van der Waals surface area contributed by atoms with E-state index in [9.17, 15) is 0 Å². The molecule has 0 amide bonds. The van der Waals surface area contributed by atoms with Crippen molar-refractivity contribution in [2.24, 2.45) is 10.9 Å². The molecule has 2 N–H and O–H groups in total. The summed E-state index contributed by atoms with van der Waals surface area (Å²) in [6, 6.07) is 0.773. The number of unbranched alkanes of at least 4 members (excludes halogenated alkanes) is 1. The van der Waals surface area contributed by atoms with Crippen LogP contribution in [0.4, 0.5) is 0 Å². The fraction of sp³-hybridized carbons (Fsp3) is 0.950. The first-order valence-electron chi connectivity index (χ1n) is 10.6. The van der Waals surface area contributed by atoms with Crippen molar-refractivity contribution in [1.82, 2.24) is 15.5 Å². The molecule has 0 aliphatic carbocycles. The van der Waals surface area contributed by atoms with Crippen LogP contribution in [-0.2, 0) is 9.47 Å².